The summed E-state index contributed by atoms with van der Waals surface area (Å²) in [7, 11) is 1.49. The minimum atomic E-state index is -0.371. The fourth-order valence-corrected chi connectivity index (χ4v) is 4.10. The summed E-state index contributed by atoms with van der Waals surface area (Å²) in [4.78, 5) is 16.5. The number of amides is 1. The third kappa shape index (κ3) is 4.08. The first kappa shape index (κ1) is 19.3. The van der Waals surface area contributed by atoms with Crippen LogP contribution in [0.1, 0.15) is 5.56 Å². The van der Waals surface area contributed by atoms with E-state index in [1.54, 1.807) is 30.3 Å². The van der Waals surface area contributed by atoms with Crippen LogP contribution in [0, 0.1) is 0 Å². The van der Waals surface area contributed by atoms with Gasteiger partial charge in [0, 0.05) is 16.7 Å². The molecule has 0 aliphatic carbocycles. The molecule has 0 radical (unpaired) electrons. The number of hydrogen-bond donors (Lipinski definition) is 1. The molecule has 3 rings (SSSR count). The van der Waals surface area contributed by atoms with Crippen LogP contribution in [-0.2, 0) is 4.79 Å². The van der Waals surface area contributed by atoms with Crippen molar-refractivity contribution in [2.75, 3.05) is 12.4 Å². The number of rotatable bonds is 4. The highest BCUT2D eigenvalue weighted by atomic mass is 35.5. The zero-order chi connectivity index (χ0) is 18.8. The summed E-state index contributed by atoms with van der Waals surface area (Å²) >= 11 is 25.5. The van der Waals surface area contributed by atoms with Crippen LogP contribution >= 0.6 is 57.7 Å². The molecule has 4 nitrogen and oxygen atoms in total. The predicted octanol–water partition coefficient (Wildman–Crippen LogP) is 6.57. The van der Waals surface area contributed by atoms with E-state index >= 15 is 0 Å². The van der Waals surface area contributed by atoms with E-state index in [1.165, 1.54) is 24.5 Å². The van der Waals surface area contributed by atoms with E-state index < -0.39 is 0 Å². The number of anilines is 1. The van der Waals surface area contributed by atoms with E-state index in [0.717, 1.165) is 4.70 Å². The smallest absolute Gasteiger partial charge is 0.250 e. The molecule has 0 aliphatic rings. The zero-order valence-electron chi connectivity index (χ0n) is 13.1. The third-order valence-electron chi connectivity index (χ3n) is 3.34. The lowest BCUT2D eigenvalue weighted by Crippen LogP contribution is -2.07. The number of aromatic nitrogens is 1. The summed E-state index contributed by atoms with van der Waals surface area (Å²) in [6.45, 7) is 0. The number of fused-ring (bicyclic) bond motifs is 1. The van der Waals surface area contributed by atoms with E-state index in [0.29, 0.717) is 42.1 Å². The van der Waals surface area contributed by atoms with Crippen LogP contribution in [0.2, 0.25) is 20.1 Å². The molecule has 3 aromatic rings. The number of nitrogens with one attached hydrogen (secondary N) is 1. The van der Waals surface area contributed by atoms with Crippen molar-refractivity contribution in [2.45, 2.75) is 0 Å². The number of halogens is 4. The number of hydrogen-bond acceptors (Lipinski definition) is 4. The lowest BCUT2D eigenvalue weighted by Gasteiger charge is -2.07. The lowest BCUT2D eigenvalue weighted by atomic mass is 10.2. The van der Waals surface area contributed by atoms with Crippen molar-refractivity contribution in [3.05, 3.63) is 56.0 Å². The largest absolute Gasteiger partial charge is 0.495 e. The minimum absolute atomic E-state index is 0.356. The van der Waals surface area contributed by atoms with E-state index in [-0.39, 0.29) is 5.91 Å². The number of carbonyl (C=O) groups is 1. The first-order valence-corrected chi connectivity index (χ1v) is 9.48. The summed E-state index contributed by atoms with van der Waals surface area (Å²) in [6.07, 6.45) is 2.90. The Balaban J connectivity index is 1.81. The molecule has 0 saturated heterocycles. The van der Waals surface area contributed by atoms with Gasteiger partial charge in [0.15, 0.2) is 5.13 Å². The topological polar surface area (TPSA) is 51.2 Å². The van der Waals surface area contributed by atoms with Crippen LogP contribution in [-0.4, -0.2) is 18.0 Å². The molecule has 1 heterocycles. The molecule has 0 aliphatic heterocycles. The number of methoxy groups -OCH3 is 1. The Hall–Kier alpha value is -1.50. The van der Waals surface area contributed by atoms with Crippen LogP contribution < -0.4 is 10.1 Å². The Labute approximate surface area is 173 Å². The molecule has 0 unspecified atom stereocenters. The highest BCUT2D eigenvalue weighted by Crippen LogP contribution is 2.35. The molecule has 134 valence electrons. The van der Waals surface area contributed by atoms with E-state index in [1.807, 2.05) is 0 Å². The maximum Gasteiger partial charge on any atom is 0.250 e. The van der Waals surface area contributed by atoms with E-state index in [9.17, 15) is 4.79 Å². The molecular formula is C17H10Cl4N2O2S. The summed E-state index contributed by atoms with van der Waals surface area (Å²) in [5.41, 5.74) is 1.13. The molecule has 1 amide bonds. The maximum atomic E-state index is 12.2. The van der Waals surface area contributed by atoms with Gasteiger partial charge in [-0.1, -0.05) is 57.7 Å². The Morgan fingerprint density at radius 3 is 2.69 bits per heavy atom. The molecule has 1 aromatic heterocycles. The van der Waals surface area contributed by atoms with Gasteiger partial charge in [-0.3, -0.25) is 10.1 Å². The average Bonchev–Trinajstić information content (AvgIpc) is 2.99. The Morgan fingerprint density at radius 2 is 1.96 bits per heavy atom. The molecule has 0 fully saturated rings. The summed E-state index contributed by atoms with van der Waals surface area (Å²) in [5, 5.41) is 4.66. The van der Waals surface area contributed by atoms with E-state index in [2.05, 4.69) is 10.3 Å². The van der Waals surface area contributed by atoms with Gasteiger partial charge in [0.05, 0.1) is 26.9 Å². The van der Waals surface area contributed by atoms with Gasteiger partial charge in [-0.25, -0.2) is 4.98 Å². The summed E-state index contributed by atoms with van der Waals surface area (Å²) in [5.74, 6) is 0.0611. The van der Waals surface area contributed by atoms with Crippen LogP contribution in [0.3, 0.4) is 0 Å². The van der Waals surface area contributed by atoms with Crippen molar-refractivity contribution < 1.29 is 9.53 Å². The molecule has 26 heavy (non-hydrogen) atoms. The number of thiazole rings is 1. The molecule has 1 N–H and O–H groups in total. The molecule has 2 aromatic carbocycles. The summed E-state index contributed by atoms with van der Waals surface area (Å²) < 4.78 is 6.06. The number of benzene rings is 2. The second-order valence-electron chi connectivity index (χ2n) is 5.06. The normalized spacial score (nSPS) is 11.3. The first-order valence-electron chi connectivity index (χ1n) is 7.15. The lowest BCUT2D eigenvalue weighted by molar-refractivity contribution is -0.111. The second kappa shape index (κ2) is 8.03. The van der Waals surface area contributed by atoms with Crippen molar-refractivity contribution in [1.82, 2.24) is 4.98 Å². The van der Waals surface area contributed by atoms with Crippen molar-refractivity contribution in [2.24, 2.45) is 0 Å². The Bertz CT molecular complexity index is 1030. The van der Waals surface area contributed by atoms with Gasteiger partial charge >= 0.3 is 0 Å². The Kier molecular flexibility index (Phi) is 5.95. The predicted molar refractivity (Wildman–Crippen MR) is 110 cm³/mol. The van der Waals surface area contributed by atoms with Gasteiger partial charge in [0.1, 0.15) is 11.3 Å². The SMILES string of the molecule is COc1c(Cl)cc(Cl)cc1C=CC(=O)Nc1nc2c(Cl)c(Cl)ccc2s1. The van der Waals surface area contributed by atoms with Gasteiger partial charge < -0.3 is 4.74 Å². The minimum Gasteiger partial charge on any atom is -0.495 e. The zero-order valence-corrected chi connectivity index (χ0v) is 17.0. The number of nitrogens with zero attached hydrogens (tertiary/aromatic N) is 1. The Morgan fingerprint density at radius 1 is 1.19 bits per heavy atom. The van der Waals surface area contributed by atoms with Crippen molar-refractivity contribution in [3.63, 3.8) is 0 Å². The van der Waals surface area contributed by atoms with E-state index in [4.69, 9.17) is 51.1 Å². The summed E-state index contributed by atoms with van der Waals surface area (Å²) in [6, 6.07) is 6.70. The molecule has 0 spiro atoms. The molecular weight excluding hydrogens is 438 g/mol. The average molecular weight is 448 g/mol. The van der Waals surface area contributed by atoms with Gasteiger partial charge in [-0.15, -0.1) is 0 Å². The van der Waals surface area contributed by atoms with Crippen LogP contribution in [0.5, 0.6) is 5.75 Å². The van der Waals surface area contributed by atoms with Crippen molar-refractivity contribution >= 4 is 85.1 Å². The molecule has 9 heteroatoms. The quantitative estimate of drug-likeness (QED) is 0.460. The molecule has 0 bridgehead atoms. The first-order chi connectivity index (χ1) is 12.4. The van der Waals surface area contributed by atoms with Gasteiger partial charge in [0.2, 0.25) is 5.91 Å². The fraction of sp³-hybridized carbons (Fsp3) is 0.0588. The highest BCUT2D eigenvalue weighted by Gasteiger charge is 2.12. The third-order valence-corrected chi connectivity index (χ3v) is 5.57. The van der Waals surface area contributed by atoms with Gasteiger partial charge in [-0.05, 0) is 30.3 Å². The molecule has 0 saturated carbocycles. The van der Waals surface area contributed by atoms with Gasteiger partial charge in [-0.2, -0.15) is 0 Å². The number of carbonyl (C=O) groups excluding carboxylic acids is 1. The highest BCUT2D eigenvalue weighted by molar-refractivity contribution is 7.22. The second-order valence-corrected chi connectivity index (χ2v) is 7.72. The maximum absolute atomic E-state index is 12.2. The van der Waals surface area contributed by atoms with Crippen LogP contribution in [0.25, 0.3) is 16.3 Å². The fourth-order valence-electron chi connectivity index (χ4n) is 2.22. The van der Waals surface area contributed by atoms with Crippen LogP contribution in [0.15, 0.2) is 30.3 Å². The van der Waals surface area contributed by atoms with Crippen molar-refractivity contribution in [1.29, 1.82) is 0 Å². The van der Waals surface area contributed by atoms with Gasteiger partial charge in [0.25, 0.3) is 0 Å². The monoisotopic (exact) mass is 446 g/mol. The number of ether oxygens (including phenoxy) is 1. The molecule has 0 atom stereocenters. The van der Waals surface area contributed by atoms with Crippen LogP contribution in [0.4, 0.5) is 5.13 Å². The van der Waals surface area contributed by atoms with Crippen molar-refractivity contribution in [3.8, 4) is 5.75 Å². The standard InChI is InChI=1S/C17H10Cl4N2O2S/c1-25-16-8(6-9(18)7-11(16)20)2-5-13(24)22-17-23-15-12(26-17)4-3-10(19)14(15)21/h2-7H,1H3,(H,22,23,24).